The first-order valence-corrected chi connectivity index (χ1v) is 5.70. The van der Waals surface area contributed by atoms with Gasteiger partial charge in [0.25, 0.3) is 0 Å². The average Bonchev–Trinajstić information content (AvgIpc) is 2.26. The second-order valence-corrected chi connectivity index (χ2v) is 4.09. The van der Waals surface area contributed by atoms with E-state index in [0.717, 1.165) is 10.0 Å². The van der Waals surface area contributed by atoms with Crippen LogP contribution < -0.4 is 5.43 Å². The quantitative estimate of drug-likeness (QED) is 0.638. The van der Waals surface area contributed by atoms with Crippen LogP contribution in [0.15, 0.2) is 33.8 Å². The van der Waals surface area contributed by atoms with Crippen molar-refractivity contribution in [2.75, 3.05) is 6.61 Å². The third-order valence-electron chi connectivity index (χ3n) is 1.81. The van der Waals surface area contributed by atoms with Crippen molar-refractivity contribution in [2.24, 2.45) is 5.10 Å². The molecule has 1 aromatic carbocycles. The van der Waals surface area contributed by atoms with Crippen LogP contribution in [0.1, 0.15) is 18.4 Å². The standard InChI is InChI=1S/C11H13BrN2O2/c12-10-4-1-3-9(7-10)8-13-14-11(16)5-2-6-15/h1,3-4,7-8,15H,2,5-6H2,(H,14,16). The van der Waals surface area contributed by atoms with Gasteiger partial charge in [-0.15, -0.1) is 0 Å². The lowest BCUT2D eigenvalue weighted by Crippen LogP contribution is -2.17. The lowest BCUT2D eigenvalue weighted by atomic mass is 10.2. The van der Waals surface area contributed by atoms with Crippen molar-refractivity contribution in [3.8, 4) is 0 Å². The highest BCUT2D eigenvalue weighted by Gasteiger charge is 1.97. The first-order chi connectivity index (χ1) is 7.72. The number of hydrogen-bond acceptors (Lipinski definition) is 3. The molecule has 5 heteroatoms. The molecule has 0 aliphatic rings. The molecule has 4 nitrogen and oxygen atoms in total. The number of amides is 1. The van der Waals surface area contributed by atoms with E-state index in [-0.39, 0.29) is 18.9 Å². The molecule has 86 valence electrons. The third-order valence-corrected chi connectivity index (χ3v) is 2.31. The number of nitrogens with one attached hydrogen (secondary N) is 1. The summed E-state index contributed by atoms with van der Waals surface area (Å²) < 4.78 is 0.961. The smallest absolute Gasteiger partial charge is 0.240 e. The normalized spacial score (nSPS) is 10.6. The number of carbonyl (C=O) groups excluding carboxylic acids is 1. The first kappa shape index (κ1) is 12.9. The maximum atomic E-state index is 11.1. The molecule has 0 heterocycles. The van der Waals surface area contributed by atoms with Crippen molar-refractivity contribution in [1.82, 2.24) is 5.43 Å². The number of rotatable bonds is 5. The van der Waals surface area contributed by atoms with E-state index in [1.165, 1.54) is 0 Å². The number of aliphatic hydroxyl groups is 1. The van der Waals surface area contributed by atoms with E-state index in [2.05, 4.69) is 26.5 Å². The second-order valence-electron chi connectivity index (χ2n) is 3.18. The van der Waals surface area contributed by atoms with E-state index in [4.69, 9.17) is 5.11 Å². The number of hydrogen-bond donors (Lipinski definition) is 2. The molecular weight excluding hydrogens is 272 g/mol. The summed E-state index contributed by atoms with van der Waals surface area (Å²) in [5, 5.41) is 12.3. The molecule has 0 fully saturated rings. The molecule has 0 unspecified atom stereocenters. The van der Waals surface area contributed by atoms with Crippen molar-refractivity contribution in [3.63, 3.8) is 0 Å². The minimum atomic E-state index is -0.194. The number of carbonyl (C=O) groups is 1. The van der Waals surface area contributed by atoms with E-state index in [1.54, 1.807) is 6.21 Å². The maximum Gasteiger partial charge on any atom is 0.240 e. The Bertz CT molecular complexity index is 380. The highest BCUT2D eigenvalue weighted by atomic mass is 79.9. The van der Waals surface area contributed by atoms with Crippen molar-refractivity contribution >= 4 is 28.1 Å². The summed E-state index contributed by atoms with van der Waals surface area (Å²) >= 11 is 3.34. The second kappa shape index (κ2) is 7.14. The molecule has 0 bridgehead atoms. The van der Waals surface area contributed by atoms with Gasteiger partial charge in [0, 0.05) is 17.5 Å². The van der Waals surface area contributed by atoms with Gasteiger partial charge in [0.05, 0.1) is 6.21 Å². The fourth-order valence-corrected chi connectivity index (χ4v) is 1.48. The summed E-state index contributed by atoms with van der Waals surface area (Å²) in [6.45, 7) is 0.0166. The van der Waals surface area contributed by atoms with Crippen LogP contribution in [-0.4, -0.2) is 23.8 Å². The van der Waals surface area contributed by atoms with Crippen LogP contribution in [0.25, 0.3) is 0 Å². The van der Waals surface area contributed by atoms with Crippen LogP contribution in [0.2, 0.25) is 0 Å². The summed E-state index contributed by atoms with van der Waals surface area (Å²) in [5.74, 6) is -0.194. The molecule has 0 spiro atoms. The van der Waals surface area contributed by atoms with Gasteiger partial charge in [-0.05, 0) is 24.1 Å². The molecule has 1 rings (SSSR count). The van der Waals surface area contributed by atoms with Crippen molar-refractivity contribution in [3.05, 3.63) is 34.3 Å². The predicted octanol–water partition coefficient (Wildman–Crippen LogP) is 1.67. The van der Waals surface area contributed by atoms with Gasteiger partial charge in [0.1, 0.15) is 0 Å². The van der Waals surface area contributed by atoms with Gasteiger partial charge in [0.15, 0.2) is 0 Å². The van der Waals surface area contributed by atoms with Gasteiger partial charge in [0.2, 0.25) is 5.91 Å². The van der Waals surface area contributed by atoms with Gasteiger partial charge in [-0.2, -0.15) is 5.10 Å². The van der Waals surface area contributed by atoms with Crippen molar-refractivity contribution < 1.29 is 9.90 Å². The Balaban J connectivity index is 2.40. The zero-order chi connectivity index (χ0) is 11.8. The SMILES string of the molecule is O=C(CCCO)NN=Cc1cccc(Br)c1. The highest BCUT2D eigenvalue weighted by molar-refractivity contribution is 9.10. The Labute approximate surface area is 102 Å². The van der Waals surface area contributed by atoms with Crippen LogP contribution >= 0.6 is 15.9 Å². The van der Waals surface area contributed by atoms with Gasteiger partial charge in [-0.25, -0.2) is 5.43 Å². The summed E-state index contributed by atoms with van der Waals surface area (Å²) in [7, 11) is 0. The third kappa shape index (κ3) is 5.04. The van der Waals surface area contributed by atoms with E-state index in [0.29, 0.717) is 6.42 Å². The molecule has 16 heavy (non-hydrogen) atoms. The molecule has 0 atom stereocenters. The van der Waals surface area contributed by atoms with Crippen molar-refractivity contribution in [1.29, 1.82) is 0 Å². The maximum absolute atomic E-state index is 11.1. The van der Waals surface area contributed by atoms with Gasteiger partial charge < -0.3 is 5.11 Å². The van der Waals surface area contributed by atoms with Crippen LogP contribution in [0.4, 0.5) is 0 Å². The zero-order valence-electron chi connectivity index (χ0n) is 8.69. The van der Waals surface area contributed by atoms with Crippen molar-refractivity contribution in [2.45, 2.75) is 12.8 Å². The Morgan fingerprint density at radius 1 is 1.56 bits per heavy atom. The van der Waals surface area contributed by atoms with E-state index < -0.39 is 0 Å². The Hall–Kier alpha value is -1.20. The van der Waals surface area contributed by atoms with Gasteiger partial charge in [-0.1, -0.05) is 28.1 Å². The molecule has 2 N–H and O–H groups in total. The average molecular weight is 285 g/mol. The molecule has 0 aliphatic heterocycles. The van der Waals surface area contributed by atoms with E-state index in [1.807, 2.05) is 24.3 Å². The number of benzene rings is 1. The predicted molar refractivity (Wildman–Crippen MR) is 66.2 cm³/mol. The van der Waals surface area contributed by atoms with Crippen LogP contribution in [0.3, 0.4) is 0 Å². The van der Waals surface area contributed by atoms with E-state index >= 15 is 0 Å². The topological polar surface area (TPSA) is 61.7 Å². The lowest BCUT2D eigenvalue weighted by molar-refractivity contribution is -0.121. The summed E-state index contributed by atoms with van der Waals surface area (Å²) in [6.07, 6.45) is 2.31. The fraction of sp³-hybridized carbons (Fsp3) is 0.273. The van der Waals surface area contributed by atoms with E-state index in [9.17, 15) is 4.79 Å². The molecular formula is C11H13BrN2O2. The van der Waals surface area contributed by atoms with Crippen LogP contribution in [0, 0.1) is 0 Å². The molecule has 0 saturated heterocycles. The Morgan fingerprint density at radius 3 is 3.06 bits per heavy atom. The number of hydrazone groups is 1. The molecule has 0 aliphatic carbocycles. The van der Waals surface area contributed by atoms with Crippen LogP contribution in [-0.2, 0) is 4.79 Å². The minimum absolute atomic E-state index is 0.0166. The van der Waals surface area contributed by atoms with Crippen LogP contribution in [0.5, 0.6) is 0 Å². The minimum Gasteiger partial charge on any atom is -0.396 e. The Morgan fingerprint density at radius 2 is 2.38 bits per heavy atom. The highest BCUT2D eigenvalue weighted by Crippen LogP contribution is 2.09. The molecule has 0 aromatic heterocycles. The number of halogens is 1. The van der Waals surface area contributed by atoms with Gasteiger partial charge in [-0.3, -0.25) is 4.79 Å². The summed E-state index contributed by atoms with van der Waals surface area (Å²) in [4.78, 5) is 11.1. The molecule has 1 aromatic rings. The number of aliphatic hydroxyl groups excluding tert-OH is 1. The van der Waals surface area contributed by atoms with Gasteiger partial charge >= 0.3 is 0 Å². The monoisotopic (exact) mass is 284 g/mol. The fourth-order valence-electron chi connectivity index (χ4n) is 1.06. The summed E-state index contributed by atoms with van der Waals surface area (Å²) in [5.41, 5.74) is 3.29. The summed E-state index contributed by atoms with van der Waals surface area (Å²) in [6, 6.07) is 7.58. The zero-order valence-corrected chi connectivity index (χ0v) is 10.3. The first-order valence-electron chi connectivity index (χ1n) is 4.90. The molecule has 0 radical (unpaired) electrons. The largest absolute Gasteiger partial charge is 0.396 e. The molecule has 1 amide bonds. The lowest BCUT2D eigenvalue weighted by Gasteiger charge is -1.97. The molecule has 0 saturated carbocycles. The Kier molecular flexibility index (Phi) is 5.74. The number of nitrogens with zero attached hydrogens (tertiary/aromatic N) is 1.